The van der Waals surface area contributed by atoms with Gasteiger partial charge in [-0.3, -0.25) is 0 Å². The maximum atomic E-state index is 8.83. The number of nitrogen functional groups attached to an aromatic ring is 1. The molecule has 1 aromatic rings. The lowest BCUT2D eigenvalue weighted by Gasteiger charge is -2.29. The summed E-state index contributed by atoms with van der Waals surface area (Å²) in [5, 5.41) is 8.83. The predicted molar refractivity (Wildman–Crippen MR) is 72.3 cm³/mol. The lowest BCUT2D eigenvalue weighted by Crippen LogP contribution is -2.38. The van der Waals surface area contributed by atoms with Gasteiger partial charge in [-0.05, 0) is 33.0 Å². The van der Waals surface area contributed by atoms with Gasteiger partial charge in [-0.2, -0.15) is 5.26 Å². The van der Waals surface area contributed by atoms with Crippen LogP contribution in [0.2, 0.25) is 0 Å². The molecule has 1 unspecified atom stereocenters. The third-order valence-electron chi connectivity index (χ3n) is 3.34. The number of nitriles is 1. The molecule has 0 aliphatic carbocycles. The summed E-state index contributed by atoms with van der Waals surface area (Å²) in [5.74, 6) is 0.803. The van der Waals surface area contributed by atoms with Gasteiger partial charge in [0.2, 0.25) is 0 Å². The highest BCUT2D eigenvalue weighted by Crippen LogP contribution is 2.24. The topological polar surface area (TPSA) is 69.2 Å². The fourth-order valence-corrected chi connectivity index (χ4v) is 2.46. The molecule has 1 aliphatic heterocycles. The van der Waals surface area contributed by atoms with Crippen molar-refractivity contribution in [3.63, 3.8) is 0 Å². The number of hydrogen-bond acceptors (Lipinski definition) is 5. The quantitative estimate of drug-likeness (QED) is 0.801. The molecule has 1 atom stereocenters. The summed E-state index contributed by atoms with van der Waals surface area (Å²) in [6.07, 6.45) is 2.69. The number of pyridine rings is 1. The van der Waals surface area contributed by atoms with Crippen molar-refractivity contribution >= 4 is 11.5 Å². The molecule has 0 amide bonds. The molecule has 0 radical (unpaired) electrons. The van der Waals surface area contributed by atoms with E-state index in [1.54, 1.807) is 12.3 Å². The van der Waals surface area contributed by atoms with E-state index in [0.717, 1.165) is 31.9 Å². The first-order valence-electron chi connectivity index (χ1n) is 6.22. The smallest absolute Gasteiger partial charge is 0.152 e. The molecule has 2 heterocycles. The van der Waals surface area contributed by atoms with Gasteiger partial charge in [0.15, 0.2) is 5.82 Å². The normalized spacial score (nSPS) is 21.4. The minimum atomic E-state index is 0.375. The van der Waals surface area contributed by atoms with Gasteiger partial charge in [0, 0.05) is 25.3 Å². The van der Waals surface area contributed by atoms with Crippen molar-refractivity contribution < 1.29 is 0 Å². The minimum Gasteiger partial charge on any atom is -0.396 e. The Morgan fingerprint density at radius 2 is 2.28 bits per heavy atom. The van der Waals surface area contributed by atoms with Crippen LogP contribution in [0.4, 0.5) is 11.5 Å². The molecule has 1 aromatic heterocycles. The van der Waals surface area contributed by atoms with Crippen molar-refractivity contribution in [3.8, 4) is 6.07 Å². The van der Waals surface area contributed by atoms with Gasteiger partial charge in [0.1, 0.15) is 6.07 Å². The molecule has 1 saturated heterocycles. The lowest BCUT2D eigenvalue weighted by molar-refractivity contribution is 0.337. The van der Waals surface area contributed by atoms with Crippen molar-refractivity contribution in [2.45, 2.75) is 19.4 Å². The largest absolute Gasteiger partial charge is 0.396 e. The van der Waals surface area contributed by atoms with Crippen LogP contribution in [-0.4, -0.2) is 42.6 Å². The molecule has 1 aliphatic rings. The highest BCUT2D eigenvalue weighted by molar-refractivity contribution is 5.65. The summed E-state index contributed by atoms with van der Waals surface area (Å²) < 4.78 is 0. The molecule has 2 rings (SSSR count). The second kappa shape index (κ2) is 5.23. The molecule has 0 saturated carbocycles. The Morgan fingerprint density at radius 1 is 1.50 bits per heavy atom. The molecule has 2 N–H and O–H groups in total. The second-order valence-corrected chi connectivity index (χ2v) is 4.91. The van der Waals surface area contributed by atoms with Crippen molar-refractivity contribution in [2.75, 3.05) is 37.3 Å². The molecule has 96 valence electrons. The number of anilines is 2. The van der Waals surface area contributed by atoms with Gasteiger partial charge in [-0.15, -0.1) is 0 Å². The molecule has 5 nitrogen and oxygen atoms in total. The molecule has 1 fully saturated rings. The number of nitrogens with two attached hydrogens (primary N) is 1. The first-order valence-corrected chi connectivity index (χ1v) is 6.22. The zero-order chi connectivity index (χ0) is 13.1. The average molecular weight is 245 g/mol. The summed E-state index contributed by atoms with van der Waals surface area (Å²) >= 11 is 0. The monoisotopic (exact) mass is 245 g/mol. The summed E-state index contributed by atoms with van der Waals surface area (Å²) in [5.41, 5.74) is 7.11. The van der Waals surface area contributed by atoms with Crippen molar-refractivity contribution in [2.24, 2.45) is 0 Å². The van der Waals surface area contributed by atoms with E-state index in [2.05, 4.69) is 34.8 Å². The highest BCUT2D eigenvalue weighted by atomic mass is 15.3. The van der Waals surface area contributed by atoms with E-state index >= 15 is 0 Å². The third-order valence-corrected chi connectivity index (χ3v) is 3.34. The van der Waals surface area contributed by atoms with Crippen LogP contribution in [0.5, 0.6) is 0 Å². The van der Waals surface area contributed by atoms with E-state index in [1.165, 1.54) is 0 Å². The van der Waals surface area contributed by atoms with Crippen LogP contribution in [0.3, 0.4) is 0 Å². The Hall–Kier alpha value is -1.80. The maximum absolute atomic E-state index is 8.83. The van der Waals surface area contributed by atoms with Crippen LogP contribution < -0.4 is 10.6 Å². The van der Waals surface area contributed by atoms with Gasteiger partial charge in [0.25, 0.3) is 0 Å². The summed E-state index contributed by atoms with van der Waals surface area (Å²) in [4.78, 5) is 8.91. The Morgan fingerprint density at radius 3 is 2.94 bits per heavy atom. The number of aromatic nitrogens is 1. The van der Waals surface area contributed by atoms with Crippen molar-refractivity contribution in [1.82, 2.24) is 9.88 Å². The SMILES string of the molecule is CC1CN(C)CCCN1c1ncc(C#N)cc1N. The number of nitrogens with zero attached hydrogens (tertiary/aromatic N) is 4. The summed E-state index contributed by atoms with van der Waals surface area (Å²) in [7, 11) is 2.13. The predicted octanol–water partition coefficient (Wildman–Crippen LogP) is 1.07. The number of likely N-dealkylation sites (N-methyl/N-ethyl adjacent to an activating group) is 1. The van der Waals surface area contributed by atoms with Crippen LogP contribution in [0.1, 0.15) is 18.9 Å². The Bertz CT molecular complexity index is 465. The van der Waals surface area contributed by atoms with E-state index in [1.807, 2.05) is 0 Å². The first-order chi connectivity index (χ1) is 8.61. The molecule has 0 bridgehead atoms. The lowest BCUT2D eigenvalue weighted by atomic mass is 10.2. The van der Waals surface area contributed by atoms with Gasteiger partial charge in [0.05, 0.1) is 11.3 Å². The van der Waals surface area contributed by atoms with Crippen LogP contribution in [0.25, 0.3) is 0 Å². The zero-order valence-electron chi connectivity index (χ0n) is 10.9. The second-order valence-electron chi connectivity index (χ2n) is 4.91. The summed E-state index contributed by atoms with van der Waals surface area (Å²) in [6.45, 7) is 5.23. The Kier molecular flexibility index (Phi) is 3.68. The molecule has 18 heavy (non-hydrogen) atoms. The fraction of sp³-hybridized carbons (Fsp3) is 0.538. The Labute approximate surface area is 108 Å². The van der Waals surface area contributed by atoms with E-state index in [0.29, 0.717) is 17.3 Å². The van der Waals surface area contributed by atoms with E-state index in [-0.39, 0.29) is 0 Å². The highest BCUT2D eigenvalue weighted by Gasteiger charge is 2.22. The molecular weight excluding hydrogens is 226 g/mol. The van der Waals surface area contributed by atoms with Gasteiger partial charge in [-0.25, -0.2) is 4.98 Å². The van der Waals surface area contributed by atoms with Crippen molar-refractivity contribution in [3.05, 3.63) is 17.8 Å². The van der Waals surface area contributed by atoms with E-state index in [9.17, 15) is 0 Å². The van der Waals surface area contributed by atoms with Gasteiger partial charge < -0.3 is 15.5 Å². The number of hydrogen-bond donors (Lipinski definition) is 1. The number of rotatable bonds is 1. The molecular formula is C13H19N5. The van der Waals surface area contributed by atoms with Gasteiger partial charge in [-0.1, -0.05) is 0 Å². The average Bonchev–Trinajstić information content (AvgIpc) is 2.50. The van der Waals surface area contributed by atoms with Crippen LogP contribution in [0, 0.1) is 11.3 Å². The first kappa shape index (κ1) is 12.7. The molecule has 0 spiro atoms. The molecule has 5 heteroatoms. The van der Waals surface area contributed by atoms with Crippen LogP contribution >= 0.6 is 0 Å². The van der Waals surface area contributed by atoms with Crippen LogP contribution in [-0.2, 0) is 0 Å². The standard InChI is InChI=1S/C13H19N5/c1-10-9-17(2)4-3-5-18(10)13-12(15)6-11(7-14)8-16-13/h6,8,10H,3-5,9,15H2,1-2H3. The van der Waals surface area contributed by atoms with E-state index < -0.39 is 0 Å². The summed E-state index contributed by atoms with van der Waals surface area (Å²) in [6, 6.07) is 4.13. The fourth-order valence-electron chi connectivity index (χ4n) is 2.46. The minimum absolute atomic E-state index is 0.375. The third kappa shape index (κ3) is 2.54. The Balaban J connectivity index is 2.27. The van der Waals surface area contributed by atoms with Gasteiger partial charge >= 0.3 is 0 Å². The van der Waals surface area contributed by atoms with E-state index in [4.69, 9.17) is 11.0 Å². The van der Waals surface area contributed by atoms with Crippen LogP contribution in [0.15, 0.2) is 12.3 Å². The van der Waals surface area contributed by atoms with Crippen molar-refractivity contribution in [1.29, 1.82) is 5.26 Å². The maximum Gasteiger partial charge on any atom is 0.152 e. The zero-order valence-corrected chi connectivity index (χ0v) is 10.9. The molecule has 0 aromatic carbocycles.